The van der Waals surface area contributed by atoms with Gasteiger partial charge in [0, 0.05) is 11.4 Å². The Balaban J connectivity index is 1.66. The SMILES string of the molecule is CCN(CC)CCCNc1nc2sc3c(c2c(=O)n1Cc1ccco1)CCCCC3. The van der Waals surface area contributed by atoms with E-state index in [1.165, 1.54) is 23.3 Å². The fourth-order valence-electron chi connectivity index (χ4n) is 4.30. The number of hydrogen-bond acceptors (Lipinski definition) is 6. The normalized spacial score (nSPS) is 14.2. The Hall–Kier alpha value is -2.12. The second kappa shape index (κ2) is 9.79. The first kappa shape index (κ1) is 21.1. The summed E-state index contributed by atoms with van der Waals surface area (Å²) >= 11 is 1.71. The molecule has 1 N–H and O–H groups in total. The van der Waals surface area contributed by atoms with Gasteiger partial charge in [0.1, 0.15) is 10.6 Å². The van der Waals surface area contributed by atoms with Gasteiger partial charge in [-0.1, -0.05) is 20.3 Å². The maximum atomic E-state index is 13.6. The predicted molar refractivity (Wildman–Crippen MR) is 124 cm³/mol. The van der Waals surface area contributed by atoms with Gasteiger partial charge >= 0.3 is 0 Å². The van der Waals surface area contributed by atoms with Crippen molar-refractivity contribution in [2.75, 3.05) is 31.5 Å². The van der Waals surface area contributed by atoms with Crippen molar-refractivity contribution in [1.29, 1.82) is 0 Å². The van der Waals surface area contributed by atoms with Gasteiger partial charge in [0.2, 0.25) is 5.95 Å². The van der Waals surface area contributed by atoms with E-state index in [-0.39, 0.29) is 5.56 Å². The molecule has 0 amide bonds. The molecule has 6 nitrogen and oxygen atoms in total. The molecule has 3 aromatic rings. The van der Waals surface area contributed by atoms with Crippen molar-refractivity contribution in [2.24, 2.45) is 0 Å². The molecular formula is C23H32N4O2S. The number of furan rings is 1. The van der Waals surface area contributed by atoms with Crippen LogP contribution in [-0.4, -0.2) is 40.6 Å². The zero-order chi connectivity index (χ0) is 20.9. The molecule has 1 aliphatic carbocycles. The van der Waals surface area contributed by atoms with Gasteiger partial charge in [0.05, 0.1) is 18.2 Å². The molecule has 0 unspecified atom stereocenters. The van der Waals surface area contributed by atoms with Crippen molar-refractivity contribution in [3.05, 3.63) is 45.0 Å². The summed E-state index contributed by atoms with van der Waals surface area (Å²) in [6, 6.07) is 3.77. The van der Waals surface area contributed by atoms with Gasteiger partial charge in [-0.3, -0.25) is 9.36 Å². The monoisotopic (exact) mass is 428 g/mol. The number of nitrogens with one attached hydrogen (secondary N) is 1. The molecule has 1 aliphatic rings. The molecule has 162 valence electrons. The van der Waals surface area contributed by atoms with Crippen molar-refractivity contribution < 1.29 is 4.42 Å². The largest absolute Gasteiger partial charge is 0.467 e. The van der Waals surface area contributed by atoms with Gasteiger partial charge in [0.25, 0.3) is 5.56 Å². The number of anilines is 1. The summed E-state index contributed by atoms with van der Waals surface area (Å²) in [6.45, 7) is 8.73. The van der Waals surface area contributed by atoms with Crippen molar-refractivity contribution in [2.45, 2.75) is 58.9 Å². The summed E-state index contributed by atoms with van der Waals surface area (Å²) in [7, 11) is 0. The van der Waals surface area contributed by atoms with Crippen molar-refractivity contribution >= 4 is 27.5 Å². The van der Waals surface area contributed by atoms with Crippen LogP contribution in [0.2, 0.25) is 0 Å². The van der Waals surface area contributed by atoms with Crippen LogP contribution in [0.1, 0.15) is 55.7 Å². The fourth-order valence-corrected chi connectivity index (χ4v) is 5.55. The molecule has 3 heterocycles. The van der Waals surface area contributed by atoms with Crippen LogP contribution in [0.15, 0.2) is 27.6 Å². The van der Waals surface area contributed by atoms with Crippen molar-refractivity contribution in [1.82, 2.24) is 14.5 Å². The number of thiophene rings is 1. The smallest absolute Gasteiger partial charge is 0.264 e. The Labute approximate surface area is 181 Å². The molecule has 0 aromatic carbocycles. The molecule has 0 atom stereocenters. The molecule has 0 radical (unpaired) electrons. The number of fused-ring (bicyclic) bond motifs is 3. The van der Waals surface area contributed by atoms with E-state index in [9.17, 15) is 4.79 Å². The van der Waals surface area contributed by atoms with Gasteiger partial charge in [-0.05, 0) is 69.4 Å². The molecule has 0 saturated carbocycles. The van der Waals surface area contributed by atoms with E-state index in [0.29, 0.717) is 12.5 Å². The number of nitrogens with zero attached hydrogens (tertiary/aromatic N) is 3. The van der Waals surface area contributed by atoms with Crippen LogP contribution in [0.25, 0.3) is 10.2 Å². The van der Waals surface area contributed by atoms with Crippen LogP contribution in [0.3, 0.4) is 0 Å². The zero-order valence-electron chi connectivity index (χ0n) is 18.1. The maximum absolute atomic E-state index is 13.6. The van der Waals surface area contributed by atoms with E-state index in [1.807, 2.05) is 12.1 Å². The Morgan fingerprint density at radius 1 is 1.23 bits per heavy atom. The van der Waals surface area contributed by atoms with Crippen LogP contribution < -0.4 is 10.9 Å². The summed E-state index contributed by atoms with van der Waals surface area (Å²) in [5.41, 5.74) is 1.30. The molecule has 30 heavy (non-hydrogen) atoms. The van der Waals surface area contributed by atoms with E-state index in [0.717, 1.165) is 67.8 Å². The van der Waals surface area contributed by atoms with Gasteiger partial charge in [0.15, 0.2) is 0 Å². The second-order valence-electron chi connectivity index (χ2n) is 7.96. The molecular weight excluding hydrogens is 396 g/mol. The molecule has 0 aliphatic heterocycles. The van der Waals surface area contributed by atoms with E-state index in [1.54, 1.807) is 22.2 Å². The fraction of sp³-hybridized carbons (Fsp3) is 0.565. The predicted octanol–water partition coefficient (Wildman–Crippen LogP) is 4.51. The van der Waals surface area contributed by atoms with Gasteiger partial charge in [-0.2, -0.15) is 0 Å². The Kier molecular flexibility index (Phi) is 6.89. The van der Waals surface area contributed by atoms with Gasteiger partial charge < -0.3 is 14.6 Å². The maximum Gasteiger partial charge on any atom is 0.264 e. The average Bonchev–Trinajstić information content (AvgIpc) is 3.32. The minimum atomic E-state index is 0.0574. The third-order valence-corrected chi connectivity index (χ3v) is 7.23. The average molecular weight is 429 g/mol. The van der Waals surface area contributed by atoms with Crippen molar-refractivity contribution in [3.8, 4) is 0 Å². The number of aryl methyl sites for hydroxylation is 2. The van der Waals surface area contributed by atoms with E-state index >= 15 is 0 Å². The molecule has 0 fully saturated rings. The van der Waals surface area contributed by atoms with Gasteiger partial charge in [-0.25, -0.2) is 4.98 Å². The first-order valence-corrected chi connectivity index (χ1v) is 12.1. The van der Waals surface area contributed by atoms with Crippen LogP contribution in [-0.2, 0) is 19.4 Å². The molecule has 3 aromatic heterocycles. The molecule has 7 heteroatoms. The topological polar surface area (TPSA) is 63.3 Å². The first-order valence-electron chi connectivity index (χ1n) is 11.2. The quantitative estimate of drug-likeness (QED) is 0.401. The number of rotatable bonds is 9. The van der Waals surface area contributed by atoms with E-state index < -0.39 is 0 Å². The zero-order valence-corrected chi connectivity index (χ0v) is 18.9. The Bertz CT molecular complexity index is 1020. The van der Waals surface area contributed by atoms with Crippen LogP contribution in [0.5, 0.6) is 0 Å². The third-order valence-electron chi connectivity index (χ3n) is 6.05. The molecule has 0 bridgehead atoms. The standard InChI is InChI=1S/C23H32N4O2S/c1-3-26(4-2)14-9-13-24-23-25-21-20(18-11-6-5-7-12-19(18)30-21)22(28)27(23)16-17-10-8-15-29-17/h8,10,15H,3-7,9,11-14,16H2,1-2H3,(H,24,25). The summed E-state index contributed by atoms with van der Waals surface area (Å²) < 4.78 is 7.30. The highest BCUT2D eigenvalue weighted by Crippen LogP contribution is 2.33. The van der Waals surface area contributed by atoms with E-state index in [4.69, 9.17) is 9.40 Å². The first-order chi connectivity index (χ1) is 14.7. The Morgan fingerprint density at radius 2 is 2.07 bits per heavy atom. The lowest BCUT2D eigenvalue weighted by Crippen LogP contribution is -2.28. The lowest BCUT2D eigenvalue weighted by molar-refractivity contribution is 0.303. The minimum absolute atomic E-state index is 0.0574. The van der Waals surface area contributed by atoms with Crippen LogP contribution in [0.4, 0.5) is 5.95 Å². The van der Waals surface area contributed by atoms with Crippen molar-refractivity contribution in [3.63, 3.8) is 0 Å². The van der Waals surface area contributed by atoms with Gasteiger partial charge in [-0.15, -0.1) is 11.3 Å². The highest BCUT2D eigenvalue weighted by Gasteiger charge is 2.21. The highest BCUT2D eigenvalue weighted by molar-refractivity contribution is 7.18. The minimum Gasteiger partial charge on any atom is -0.467 e. The number of aromatic nitrogens is 2. The molecule has 4 rings (SSSR count). The lowest BCUT2D eigenvalue weighted by Gasteiger charge is -2.18. The van der Waals surface area contributed by atoms with E-state index in [2.05, 4.69) is 24.1 Å². The third kappa shape index (κ3) is 4.47. The lowest BCUT2D eigenvalue weighted by atomic mass is 10.1. The summed E-state index contributed by atoms with van der Waals surface area (Å²) in [5.74, 6) is 1.42. The molecule has 0 spiro atoms. The summed E-state index contributed by atoms with van der Waals surface area (Å²) in [6.07, 6.45) is 8.32. The van der Waals surface area contributed by atoms with Crippen LogP contribution >= 0.6 is 11.3 Å². The summed E-state index contributed by atoms with van der Waals surface area (Å²) in [5, 5.41) is 4.28. The number of hydrogen-bond donors (Lipinski definition) is 1. The van der Waals surface area contributed by atoms with Crippen LogP contribution in [0, 0.1) is 0 Å². The molecule has 0 saturated heterocycles. The second-order valence-corrected chi connectivity index (χ2v) is 9.04. The Morgan fingerprint density at radius 3 is 2.83 bits per heavy atom. The highest BCUT2D eigenvalue weighted by atomic mass is 32.1. The summed E-state index contributed by atoms with van der Waals surface area (Å²) in [4.78, 5) is 23.2.